The molecular formula is C16H16FN3. The molecule has 0 aliphatic carbocycles. The third kappa shape index (κ3) is 1.84. The monoisotopic (exact) mass is 269 g/mol. The summed E-state index contributed by atoms with van der Waals surface area (Å²) in [5, 5.41) is 0. The zero-order chi connectivity index (χ0) is 14.3. The lowest BCUT2D eigenvalue weighted by atomic mass is 10.1. The Kier molecular flexibility index (Phi) is 2.93. The van der Waals surface area contributed by atoms with E-state index in [1.807, 2.05) is 42.7 Å². The molecule has 0 aliphatic heterocycles. The number of halogens is 1. The molecule has 3 rings (SSSR count). The summed E-state index contributed by atoms with van der Waals surface area (Å²) in [6.07, 6.45) is 0. The van der Waals surface area contributed by atoms with E-state index in [4.69, 9.17) is 5.73 Å². The molecule has 102 valence electrons. The van der Waals surface area contributed by atoms with Crippen molar-refractivity contribution in [3.05, 3.63) is 59.4 Å². The first-order chi connectivity index (χ1) is 9.59. The van der Waals surface area contributed by atoms with E-state index in [2.05, 4.69) is 4.98 Å². The van der Waals surface area contributed by atoms with Crippen molar-refractivity contribution >= 4 is 17.0 Å². The maximum atomic E-state index is 14.0. The number of nitrogens with zero attached hydrogens (tertiary/aromatic N) is 2. The van der Waals surface area contributed by atoms with Crippen LogP contribution < -0.4 is 5.73 Å². The van der Waals surface area contributed by atoms with Crippen LogP contribution in [0.15, 0.2) is 42.5 Å². The highest BCUT2D eigenvalue weighted by atomic mass is 19.1. The average Bonchev–Trinajstić information content (AvgIpc) is 2.76. The Morgan fingerprint density at radius 3 is 2.65 bits per heavy atom. The van der Waals surface area contributed by atoms with Crippen molar-refractivity contribution in [3.63, 3.8) is 0 Å². The van der Waals surface area contributed by atoms with Gasteiger partial charge in [-0.05, 0) is 31.5 Å². The third-order valence-corrected chi connectivity index (χ3v) is 3.69. The summed E-state index contributed by atoms with van der Waals surface area (Å²) in [6.45, 7) is 3.92. The molecule has 20 heavy (non-hydrogen) atoms. The Balaban J connectivity index is 2.22. The number of nitrogen functional groups attached to an aromatic ring is 1. The quantitative estimate of drug-likeness (QED) is 0.771. The van der Waals surface area contributed by atoms with Crippen LogP contribution in [0.2, 0.25) is 0 Å². The van der Waals surface area contributed by atoms with Gasteiger partial charge >= 0.3 is 0 Å². The minimum atomic E-state index is -0.228. The van der Waals surface area contributed by atoms with E-state index in [0.29, 0.717) is 11.5 Å². The fourth-order valence-corrected chi connectivity index (χ4v) is 2.64. The van der Waals surface area contributed by atoms with Gasteiger partial charge in [0, 0.05) is 5.56 Å². The van der Waals surface area contributed by atoms with Gasteiger partial charge < -0.3 is 10.3 Å². The predicted molar refractivity (Wildman–Crippen MR) is 79.1 cm³/mol. The van der Waals surface area contributed by atoms with Crippen molar-refractivity contribution in [1.82, 2.24) is 9.55 Å². The van der Waals surface area contributed by atoms with Gasteiger partial charge in [-0.15, -0.1) is 0 Å². The standard InChI is InChI=1S/C16H16FN3/c1-10-6-5-9-14-15(10)19-16(18)20(14)11(2)12-7-3-4-8-13(12)17/h3-9,11H,1-2H3,(H2,18,19). The van der Waals surface area contributed by atoms with Crippen LogP contribution in [0.25, 0.3) is 11.0 Å². The summed E-state index contributed by atoms with van der Waals surface area (Å²) in [6, 6.07) is 12.5. The molecule has 0 bridgehead atoms. The van der Waals surface area contributed by atoms with Gasteiger partial charge in [-0.2, -0.15) is 0 Å². The van der Waals surface area contributed by atoms with Gasteiger partial charge in [-0.25, -0.2) is 9.37 Å². The number of aromatic nitrogens is 2. The lowest BCUT2D eigenvalue weighted by Crippen LogP contribution is -2.11. The maximum absolute atomic E-state index is 14.0. The molecule has 0 radical (unpaired) electrons. The van der Waals surface area contributed by atoms with Crippen LogP contribution in [-0.2, 0) is 0 Å². The number of imidazole rings is 1. The SMILES string of the molecule is Cc1cccc2c1nc(N)n2C(C)c1ccccc1F. The Labute approximate surface area is 116 Å². The number of anilines is 1. The van der Waals surface area contributed by atoms with Crippen molar-refractivity contribution in [2.45, 2.75) is 19.9 Å². The smallest absolute Gasteiger partial charge is 0.201 e. The van der Waals surface area contributed by atoms with Crippen LogP contribution in [-0.4, -0.2) is 9.55 Å². The van der Waals surface area contributed by atoms with Crippen LogP contribution >= 0.6 is 0 Å². The van der Waals surface area contributed by atoms with Crippen molar-refractivity contribution in [3.8, 4) is 0 Å². The van der Waals surface area contributed by atoms with Crippen molar-refractivity contribution in [1.29, 1.82) is 0 Å². The van der Waals surface area contributed by atoms with E-state index >= 15 is 0 Å². The minimum absolute atomic E-state index is 0.206. The lowest BCUT2D eigenvalue weighted by Gasteiger charge is -2.17. The van der Waals surface area contributed by atoms with Gasteiger partial charge in [0.15, 0.2) is 0 Å². The first kappa shape index (κ1) is 12.7. The fraction of sp³-hybridized carbons (Fsp3) is 0.188. The van der Waals surface area contributed by atoms with Crippen LogP contribution in [0.1, 0.15) is 24.1 Å². The second-order valence-electron chi connectivity index (χ2n) is 4.98. The summed E-state index contributed by atoms with van der Waals surface area (Å²) in [5.41, 5.74) is 9.51. The number of para-hydroxylation sites is 1. The number of nitrogens with two attached hydrogens (primary N) is 1. The van der Waals surface area contributed by atoms with Crippen LogP contribution in [0.5, 0.6) is 0 Å². The Morgan fingerprint density at radius 1 is 1.15 bits per heavy atom. The van der Waals surface area contributed by atoms with Gasteiger partial charge in [0.25, 0.3) is 0 Å². The molecule has 2 N–H and O–H groups in total. The molecule has 0 amide bonds. The molecular weight excluding hydrogens is 253 g/mol. The van der Waals surface area contributed by atoms with E-state index in [1.165, 1.54) is 6.07 Å². The molecule has 1 unspecified atom stereocenters. The molecule has 0 aliphatic rings. The van der Waals surface area contributed by atoms with Gasteiger partial charge in [-0.3, -0.25) is 0 Å². The highest BCUT2D eigenvalue weighted by Crippen LogP contribution is 2.29. The number of fused-ring (bicyclic) bond motifs is 1. The zero-order valence-corrected chi connectivity index (χ0v) is 11.5. The van der Waals surface area contributed by atoms with Gasteiger partial charge in [-0.1, -0.05) is 30.3 Å². The molecule has 1 heterocycles. The van der Waals surface area contributed by atoms with Crippen LogP contribution in [0, 0.1) is 12.7 Å². The second-order valence-corrected chi connectivity index (χ2v) is 4.98. The van der Waals surface area contributed by atoms with Crippen molar-refractivity contribution in [2.75, 3.05) is 5.73 Å². The van der Waals surface area contributed by atoms with Crippen LogP contribution in [0.3, 0.4) is 0 Å². The van der Waals surface area contributed by atoms with E-state index in [9.17, 15) is 4.39 Å². The number of hydrogen-bond acceptors (Lipinski definition) is 2. The number of rotatable bonds is 2. The molecule has 1 aromatic heterocycles. The lowest BCUT2D eigenvalue weighted by molar-refractivity contribution is 0.567. The van der Waals surface area contributed by atoms with Crippen molar-refractivity contribution < 1.29 is 4.39 Å². The molecule has 0 fully saturated rings. The second kappa shape index (κ2) is 4.63. The normalized spacial score (nSPS) is 12.8. The molecule has 2 aromatic carbocycles. The summed E-state index contributed by atoms with van der Waals surface area (Å²) < 4.78 is 15.8. The molecule has 1 atom stereocenters. The topological polar surface area (TPSA) is 43.8 Å². The number of hydrogen-bond donors (Lipinski definition) is 1. The van der Waals surface area contributed by atoms with Gasteiger partial charge in [0.1, 0.15) is 5.82 Å². The highest BCUT2D eigenvalue weighted by molar-refractivity contribution is 5.81. The average molecular weight is 269 g/mol. The van der Waals surface area contributed by atoms with E-state index in [-0.39, 0.29) is 11.9 Å². The van der Waals surface area contributed by atoms with Gasteiger partial charge in [0.05, 0.1) is 17.1 Å². The first-order valence-electron chi connectivity index (χ1n) is 6.57. The Morgan fingerprint density at radius 2 is 1.90 bits per heavy atom. The fourth-order valence-electron chi connectivity index (χ4n) is 2.64. The predicted octanol–water partition coefficient (Wildman–Crippen LogP) is 3.68. The highest BCUT2D eigenvalue weighted by Gasteiger charge is 2.18. The maximum Gasteiger partial charge on any atom is 0.201 e. The molecule has 4 heteroatoms. The third-order valence-electron chi connectivity index (χ3n) is 3.69. The van der Waals surface area contributed by atoms with E-state index in [0.717, 1.165) is 16.6 Å². The summed E-state index contributed by atoms with van der Waals surface area (Å²) in [5.74, 6) is 0.180. The van der Waals surface area contributed by atoms with E-state index < -0.39 is 0 Å². The van der Waals surface area contributed by atoms with Gasteiger partial charge in [0.2, 0.25) is 5.95 Å². The number of aryl methyl sites for hydroxylation is 1. The Hall–Kier alpha value is -2.36. The minimum Gasteiger partial charge on any atom is -0.369 e. The Bertz CT molecular complexity index is 776. The number of benzene rings is 2. The molecule has 0 spiro atoms. The van der Waals surface area contributed by atoms with E-state index in [1.54, 1.807) is 12.1 Å². The first-order valence-corrected chi connectivity index (χ1v) is 6.57. The molecule has 3 nitrogen and oxygen atoms in total. The molecule has 3 aromatic rings. The van der Waals surface area contributed by atoms with Crippen LogP contribution in [0.4, 0.5) is 10.3 Å². The summed E-state index contributed by atoms with van der Waals surface area (Å²) >= 11 is 0. The van der Waals surface area contributed by atoms with Crippen molar-refractivity contribution in [2.24, 2.45) is 0 Å². The zero-order valence-electron chi connectivity index (χ0n) is 11.5. The molecule has 0 saturated carbocycles. The summed E-state index contributed by atoms with van der Waals surface area (Å²) in [4.78, 5) is 4.41. The summed E-state index contributed by atoms with van der Waals surface area (Å²) in [7, 11) is 0. The largest absolute Gasteiger partial charge is 0.369 e. The molecule has 0 saturated heterocycles.